The largest absolute Gasteiger partial charge is 0.389 e. The van der Waals surface area contributed by atoms with Crippen molar-refractivity contribution in [3.8, 4) is 0 Å². The maximum atomic E-state index is 12.1. The van der Waals surface area contributed by atoms with Gasteiger partial charge in [-0.25, -0.2) is 0 Å². The maximum Gasteiger partial charge on any atom is 0.389 e. The van der Waals surface area contributed by atoms with Crippen molar-refractivity contribution in [2.24, 2.45) is 4.99 Å². The molecule has 0 saturated carbocycles. The van der Waals surface area contributed by atoms with E-state index in [1.165, 1.54) is 12.8 Å². The van der Waals surface area contributed by atoms with Crippen LogP contribution in [-0.2, 0) is 0 Å². The second kappa shape index (κ2) is 9.92. The number of alkyl halides is 3. The van der Waals surface area contributed by atoms with Gasteiger partial charge in [0.05, 0.1) is 6.54 Å². The van der Waals surface area contributed by atoms with Crippen LogP contribution in [-0.4, -0.2) is 55.8 Å². The molecule has 1 rings (SSSR count). The first-order valence-corrected chi connectivity index (χ1v) is 8.29. The third-order valence-corrected chi connectivity index (χ3v) is 3.89. The summed E-state index contributed by atoms with van der Waals surface area (Å²) in [4.78, 5) is 7.00. The van der Waals surface area contributed by atoms with E-state index in [0.717, 1.165) is 26.2 Å². The van der Waals surface area contributed by atoms with Crippen LogP contribution in [0.15, 0.2) is 4.99 Å². The van der Waals surface area contributed by atoms with E-state index in [1.807, 2.05) is 6.92 Å². The molecule has 0 radical (unpaired) electrons. The summed E-state index contributed by atoms with van der Waals surface area (Å²) in [5, 5.41) is 6.26. The first-order valence-electron chi connectivity index (χ1n) is 8.29. The van der Waals surface area contributed by atoms with Gasteiger partial charge in [0.25, 0.3) is 0 Å². The Labute approximate surface area is 131 Å². The van der Waals surface area contributed by atoms with Crippen LogP contribution in [0.4, 0.5) is 13.2 Å². The Hall–Kier alpha value is -0.980. The predicted octanol–water partition coefficient (Wildman–Crippen LogP) is 2.76. The number of aliphatic imine (C=N–C) groups is 1. The van der Waals surface area contributed by atoms with Crippen molar-refractivity contribution in [2.45, 2.75) is 58.2 Å². The van der Waals surface area contributed by atoms with E-state index < -0.39 is 12.6 Å². The van der Waals surface area contributed by atoms with Gasteiger partial charge >= 0.3 is 6.18 Å². The van der Waals surface area contributed by atoms with Crippen molar-refractivity contribution in [1.29, 1.82) is 0 Å². The van der Waals surface area contributed by atoms with Crippen LogP contribution in [0.2, 0.25) is 0 Å². The molecule has 22 heavy (non-hydrogen) atoms. The first kappa shape index (κ1) is 19.1. The third kappa shape index (κ3) is 7.87. The molecule has 0 amide bonds. The van der Waals surface area contributed by atoms with Gasteiger partial charge < -0.3 is 10.6 Å². The molecule has 0 spiro atoms. The SMILES string of the molecule is CCNC(=NCC1CCCN1CC)NCCCCC(F)(F)F. The van der Waals surface area contributed by atoms with Gasteiger partial charge in [-0.1, -0.05) is 6.92 Å². The first-order chi connectivity index (χ1) is 10.5. The number of rotatable bonds is 8. The van der Waals surface area contributed by atoms with Crippen LogP contribution in [0.3, 0.4) is 0 Å². The highest BCUT2D eigenvalue weighted by Crippen LogP contribution is 2.21. The molecule has 1 unspecified atom stereocenters. The lowest BCUT2D eigenvalue weighted by molar-refractivity contribution is -0.135. The number of nitrogens with one attached hydrogen (secondary N) is 2. The molecule has 1 aliphatic rings. The summed E-state index contributed by atoms with van der Waals surface area (Å²) in [6.07, 6.45) is -1.73. The van der Waals surface area contributed by atoms with Crippen LogP contribution in [0.5, 0.6) is 0 Å². The minimum atomic E-state index is -4.05. The van der Waals surface area contributed by atoms with E-state index in [1.54, 1.807) is 0 Å². The summed E-state index contributed by atoms with van der Waals surface area (Å²) in [6.45, 7) is 8.33. The summed E-state index contributed by atoms with van der Waals surface area (Å²) >= 11 is 0. The summed E-state index contributed by atoms with van der Waals surface area (Å²) < 4.78 is 36.2. The molecule has 1 heterocycles. The van der Waals surface area contributed by atoms with Gasteiger partial charge in [0, 0.05) is 25.6 Å². The van der Waals surface area contributed by atoms with E-state index >= 15 is 0 Å². The molecular weight excluding hydrogens is 293 g/mol. The molecule has 7 heteroatoms. The molecule has 1 saturated heterocycles. The number of hydrogen-bond donors (Lipinski definition) is 2. The lowest BCUT2D eigenvalue weighted by Gasteiger charge is -2.21. The van der Waals surface area contributed by atoms with Gasteiger partial charge in [-0.15, -0.1) is 0 Å². The molecule has 1 aliphatic heterocycles. The molecule has 1 fully saturated rings. The minimum absolute atomic E-state index is 0.155. The number of hydrogen-bond acceptors (Lipinski definition) is 2. The number of guanidine groups is 1. The van der Waals surface area contributed by atoms with E-state index in [4.69, 9.17) is 0 Å². The van der Waals surface area contributed by atoms with Gasteiger partial charge in [0.1, 0.15) is 0 Å². The Kier molecular flexibility index (Phi) is 8.60. The fraction of sp³-hybridized carbons (Fsp3) is 0.933. The summed E-state index contributed by atoms with van der Waals surface area (Å²) in [5.74, 6) is 0.706. The monoisotopic (exact) mass is 322 g/mol. The van der Waals surface area contributed by atoms with Gasteiger partial charge in [-0.05, 0) is 45.7 Å². The molecule has 0 aromatic rings. The molecule has 0 aromatic heterocycles. The third-order valence-electron chi connectivity index (χ3n) is 3.89. The van der Waals surface area contributed by atoms with Crippen molar-refractivity contribution in [1.82, 2.24) is 15.5 Å². The quantitative estimate of drug-likeness (QED) is 0.410. The van der Waals surface area contributed by atoms with Gasteiger partial charge in [0.2, 0.25) is 0 Å². The molecule has 2 N–H and O–H groups in total. The highest BCUT2D eigenvalue weighted by Gasteiger charge is 2.25. The molecule has 4 nitrogen and oxygen atoms in total. The number of likely N-dealkylation sites (tertiary alicyclic amines) is 1. The smallest absolute Gasteiger partial charge is 0.357 e. The van der Waals surface area contributed by atoms with Crippen LogP contribution < -0.4 is 10.6 Å². The van der Waals surface area contributed by atoms with E-state index in [9.17, 15) is 13.2 Å². The van der Waals surface area contributed by atoms with Crippen molar-refractivity contribution < 1.29 is 13.2 Å². The van der Waals surface area contributed by atoms with Crippen LogP contribution in [0.1, 0.15) is 46.0 Å². The zero-order valence-corrected chi connectivity index (χ0v) is 13.7. The normalized spacial score (nSPS) is 20.4. The second-order valence-corrected chi connectivity index (χ2v) is 5.64. The van der Waals surface area contributed by atoms with Gasteiger partial charge in [-0.3, -0.25) is 9.89 Å². The Bertz CT molecular complexity index is 331. The zero-order valence-electron chi connectivity index (χ0n) is 13.7. The lowest BCUT2D eigenvalue weighted by atomic mass is 10.2. The van der Waals surface area contributed by atoms with Crippen LogP contribution >= 0.6 is 0 Å². The minimum Gasteiger partial charge on any atom is -0.357 e. The standard InChI is InChI=1S/C15H29F3N4/c1-3-19-14(20-10-6-5-9-15(16,17)18)21-12-13-8-7-11-22(13)4-2/h13H,3-12H2,1-2H3,(H2,19,20,21). The predicted molar refractivity (Wildman–Crippen MR) is 84.2 cm³/mol. The van der Waals surface area contributed by atoms with Gasteiger partial charge in [-0.2, -0.15) is 13.2 Å². The summed E-state index contributed by atoms with van der Waals surface area (Å²) in [7, 11) is 0. The average Bonchev–Trinajstić information content (AvgIpc) is 2.90. The summed E-state index contributed by atoms with van der Waals surface area (Å²) in [6, 6.07) is 0.491. The molecular formula is C15H29F3N4. The fourth-order valence-electron chi connectivity index (χ4n) is 2.71. The van der Waals surface area contributed by atoms with E-state index in [0.29, 0.717) is 25.0 Å². The zero-order chi connectivity index (χ0) is 16.4. The fourth-order valence-corrected chi connectivity index (χ4v) is 2.71. The molecule has 130 valence electrons. The van der Waals surface area contributed by atoms with Crippen molar-refractivity contribution in [2.75, 3.05) is 32.7 Å². The number of unbranched alkanes of at least 4 members (excludes halogenated alkanes) is 1. The number of likely N-dealkylation sites (N-methyl/N-ethyl adjacent to an activating group) is 1. The van der Waals surface area contributed by atoms with E-state index in [2.05, 4.69) is 27.4 Å². The average molecular weight is 322 g/mol. The van der Waals surface area contributed by atoms with Crippen LogP contribution in [0.25, 0.3) is 0 Å². The highest BCUT2D eigenvalue weighted by atomic mass is 19.4. The Morgan fingerprint density at radius 2 is 2.00 bits per heavy atom. The summed E-state index contributed by atoms with van der Waals surface area (Å²) in [5.41, 5.74) is 0. The van der Waals surface area contributed by atoms with E-state index in [-0.39, 0.29) is 6.42 Å². The Morgan fingerprint density at radius 1 is 1.23 bits per heavy atom. The molecule has 0 bridgehead atoms. The van der Waals surface area contributed by atoms with Crippen molar-refractivity contribution >= 4 is 5.96 Å². The second-order valence-electron chi connectivity index (χ2n) is 5.64. The molecule has 1 atom stereocenters. The Morgan fingerprint density at radius 3 is 2.64 bits per heavy atom. The van der Waals surface area contributed by atoms with Gasteiger partial charge in [0.15, 0.2) is 5.96 Å². The number of halogens is 3. The van der Waals surface area contributed by atoms with Crippen LogP contribution in [0, 0.1) is 0 Å². The number of nitrogens with zero attached hydrogens (tertiary/aromatic N) is 2. The topological polar surface area (TPSA) is 39.7 Å². The van der Waals surface area contributed by atoms with Crippen molar-refractivity contribution in [3.05, 3.63) is 0 Å². The van der Waals surface area contributed by atoms with Crippen molar-refractivity contribution in [3.63, 3.8) is 0 Å². The Balaban J connectivity index is 2.29. The lowest BCUT2D eigenvalue weighted by Crippen LogP contribution is -2.39. The maximum absolute atomic E-state index is 12.1. The molecule has 0 aromatic carbocycles. The molecule has 0 aliphatic carbocycles. The highest BCUT2D eigenvalue weighted by molar-refractivity contribution is 5.79.